The first-order valence-corrected chi connectivity index (χ1v) is 8.84. The van der Waals surface area contributed by atoms with Crippen LogP contribution in [0, 0.1) is 5.82 Å². The van der Waals surface area contributed by atoms with E-state index in [1.807, 2.05) is 9.80 Å². The second kappa shape index (κ2) is 8.18. The van der Waals surface area contributed by atoms with Crippen molar-refractivity contribution in [3.8, 4) is 5.75 Å². The molecule has 136 valence electrons. The van der Waals surface area contributed by atoms with Gasteiger partial charge in [-0.05, 0) is 43.5 Å². The molecule has 1 N–H and O–H groups in total. The molecule has 1 aromatic rings. The van der Waals surface area contributed by atoms with Gasteiger partial charge in [-0.3, -0.25) is 4.79 Å². The number of ether oxygens (including phenoxy) is 1. The third-order valence-electron chi connectivity index (χ3n) is 4.70. The summed E-state index contributed by atoms with van der Waals surface area (Å²) in [4.78, 5) is 27.9. The first kappa shape index (κ1) is 17.5. The molecule has 2 saturated heterocycles. The van der Waals surface area contributed by atoms with Crippen LogP contribution in [0.2, 0.25) is 0 Å². The molecule has 2 fully saturated rings. The Morgan fingerprint density at radius 3 is 2.80 bits per heavy atom. The Hall–Kier alpha value is -2.31. The molecule has 25 heavy (non-hydrogen) atoms. The Labute approximate surface area is 146 Å². The van der Waals surface area contributed by atoms with Gasteiger partial charge in [0.25, 0.3) is 0 Å². The van der Waals surface area contributed by atoms with Gasteiger partial charge in [0.2, 0.25) is 5.91 Å². The predicted octanol–water partition coefficient (Wildman–Crippen LogP) is 2.00. The van der Waals surface area contributed by atoms with Gasteiger partial charge in [-0.15, -0.1) is 0 Å². The Morgan fingerprint density at radius 1 is 1.28 bits per heavy atom. The predicted molar refractivity (Wildman–Crippen MR) is 90.8 cm³/mol. The monoisotopic (exact) mass is 349 g/mol. The number of nitrogens with one attached hydrogen (secondary N) is 1. The van der Waals surface area contributed by atoms with Gasteiger partial charge in [0, 0.05) is 32.6 Å². The highest BCUT2D eigenvalue weighted by Crippen LogP contribution is 2.19. The summed E-state index contributed by atoms with van der Waals surface area (Å²) < 4.78 is 18.3. The summed E-state index contributed by atoms with van der Waals surface area (Å²) in [7, 11) is 0. The maximum atomic E-state index is 12.8. The molecule has 0 aliphatic carbocycles. The minimum Gasteiger partial charge on any atom is -0.494 e. The molecule has 0 spiro atoms. The molecule has 0 bridgehead atoms. The molecule has 1 atom stereocenters. The number of rotatable bonds is 6. The van der Waals surface area contributed by atoms with Crippen LogP contribution in [0.4, 0.5) is 9.18 Å². The summed E-state index contributed by atoms with van der Waals surface area (Å²) in [5, 5.41) is 2.82. The lowest BCUT2D eigenvalue weighted by Crippen LogP contribution is -2.50. The van der Waals surface area contributed by atoms with E-state index in [1.54, 1.807) is 12.1 Å². The zero-order valence-electron chi connectivity index (χ0n) is 14.2. The van der Waals surface area contributed by atoms with Crippen LogP contribution in [-0.4, -0.2) is 60.6 Å². The van der Waals surface area contributed by atoms with E-state index in [-0.39, 0.29) is 23.8 Å². The molecule has 3 rings (SSSR count). The van der Waals surface area contributed by atoms with Crippen LogP contribution >= 0.6 is 0 Å². The molecule has 1 aromatic carbocycles. The van der Waals surface area contributed by atoms with E-state index in [9.17, 15) is 14.0 Å². The summed E-state index contributed by atoms with van der Waals surface area (Å²) in [6.45, 7) is 3.19. The van der Waals surface area contributed by atoms with E-state index in [0.29, 0.717) is 38.3 Å². The lowest BCUT2D eigenvalue weighted by molar-refractivity contribution is -0.133. The number of hydrogen-bond donors (Lipinski definition) is 1. The third-order valence-corrected chi connectivity index (χ3v) is 4.70. The van der Waals surface area contributed by atoms with Crippen molar-refractivity contribution in [1.82, 2.24) is 15.1 Å². The topological polar surface area (TPSA) is 61.9 Å². The number of amides is 3. The largest absolute Gasteiger partial charge is 0.494 e. The number of urea groups is 1. The van der Waals surface area contributed by atoms with Crippen molar-refractivity contribution in [2.75, 3.05) is 32.8 Å². The Kier molecular flexibility index (Phi) is 5.73. The van der Waals surface area contributed by atoms with Gasteiger partial charge in [-0.1, -0.05) is 0 Å². The first-order chi connectivity index (χ1) is 12.1. The number of halogens is 1. The molecule has 2 heterocycles. The quantitative estimate of drug-likeness (QED) is 0.799. The number of carbonyl (C=O) groups excluding carboxylic acids is 2. The summed E-state index contributed by atoms with van der Waals surface area (Å²) in [5.41, 5.74) is 0. The van der Waals surface area contributed by atoms with Crippen LogP contribution in [0.25, 0.3) is 0 Å². The smallest absolute Gasteiger partial charge is 0.317 e. The zero-order chi connectivity index (χ0) is 17.6. The van der Waals surface area contributed by atoms with Crippen molar-refractivity contribution in [2.24, 2.45) is 0 Å². The number of benzene rings is 1. The maximum absolute atomic E-state index is 12.8. The second-order valence-corrected chi connectivity index (χ2v) is 6.47. The minimum absolute atomic E-state index is 0.0213. The van der Waals surface area contributed by atoms with Gasteiger partial charge < -0.3 is 19.9 Å². The molecular formula is C18H24FN3O3. The SMILES string of the molecule is O=C(CCCOc1ccc(F)cc1)N1CCC[C@H](N2CCNC2=O)C1. The summed E-state index contributed by atoms with van der Waals surface area (Å²) in [5.74, 6) is 0.410. The average Bonchev–Trinajstić information content (AvgIpc) is 3.06. The lowest BCUT2D eigenvalue weighted by atomic mass is 10.0. The number of piperidine rings is 1. The summed E-state index contributed by atoms with van der Waals surface area (Å²) in [6.07, 6.45) is 2.90. The molecule has 0 unspecified atom stereocenters. The number of likely N-dealkylation sites (tertiary alicyclic amines) is 1. The van der Waals surface area contributed by atoms with Crippen molar-refractivity contribution in [2.45, 2.75) is 31.7 Å². The Balaban J connectivity index is 1.40. The van der Waals surface area contributed by atoms with Crippen molar-refractivity contribution in [3.05, 3.63) is 30.1 Å². The minimum atomic E-state index is -0.297. The summed E-state index contributed by atoms with van der Waals surface area (Å²) in [6, 6.07) is 5.95. The number of carbonyl (C=O) groups is 2. The van der Waals surface area contributed by atoms with Crippen molar-refractivity contribution in [3.63, 3.8) is 0 Å². The first-order valence-electron chi connectivity index (χ1n) is 8.84. The van der Waals surface area contributed by atoms with Gasteiger partial charge in [0.05, 0.1) is 12.6 Å². The lowest BCUT2D eigenvalue weighted by Gasteiger charge is -2.37. The van der Waals surface area contributed by atoms with Crippen LogP contribution in [0.5, 0.6) is 5.75 Å². The van der Waals surface area contributed by atoms with E-state index in [1.165, 1.54) is 12.1 Å². The van der Waals surface area contributed by atoms with Gasteiger partial charge in [-0.25, -0.2) is 9.18 Å². The maximum Gasteiger partial charge on any atom is 0.317 e. The van der Waals surface area contributed by atoms with Gasteiger partial charge in [-0.2, -0.15) is 0 Å². The van der Waals surface area contributed by atoms with E-state index in [4.69, 9.17) is 4.74 Å². The normalized spacial score (nSPS) is 20.5. The molecule has 0 radical (unpaired) electrons. The molecular weight excluding hydrogens is 325 g/mol. The molecule has 0 aromatic heterocycles. The average molecular weight is 349 g/mol. The van der Waals surface area contributed by atoms with Crippen molar-refractivity contribution in [1.29, 1.82) is 0 Å². The van der Waals surface area contributed by atoms with Crippen molar-refractivity contribution < 1.29 is 18.7 Å². The summed E-state index contributed by atoms with van der Waals surface area (Å²) >= 11 is 0. The highest BCUT2D eigenvalue weighted by molar-refractivity contribution is 5.78. The highest BCUT2D eigenvalue weighted by atomic mass is 19.1. The van der Waals surface area contributed by atoms with E-state index in [2.05, 4.69) is 5.32 Å². The fourth-order valence-electron chi connectivity index (χ4n) is 3.37. The molecule has 7 heteroatoms. The molecule has 2 aliphatic heterocycles. The highest BCUT2D eigenvalue weighted by Gasteiger charge is 2.32. The van der Waals surface area contributed by atoms with Crippen LogP contribution in [0.15, 0.2) is 24.3 Å². The fraction of sp³-hybridized carbons (Fsp3) is 0.556. The standard InChI is InChI=1S/C18H24FN3O3/c19-14-5-7-16(8-6-14)25-12-2-4-17(23)21-10-1-3-15(13-21)22-11-9-20-18(22)24/h5-8,15H,1-4,9-13H2,(H,20,24)/t15-/m0/s1. The van der Waals surface area contributed by atoms with Gasteiger partial charge in [0.1, 0.15) is 11.6 Å². The van der Waals surface area contributed by atoms with Gasteiger partial charge in [0.15, 0.2) is 0 Å². The van der Waals surface area contributed by atoms with E-state index in [0.717, 1.165) is 25.9 Å². The zero-order valence-corrected chi connectivity index (χ0v) is 14.2. The van der Waals surface area contributed by atoms with Gasteiger partial charge >= 0.3 is 6.03 Å². The molecule has 2 aliphatic rings. The van der Waals surface area contributed by atoms with Crippen LogP contribution in [-0.2, 0) is 4.79 Å². The number of nitrogens with zero attached hydrogens (tertiary/aromatic N) is 2. The molecule has 3 amide bonds. The third kappa shape index (κ3) is 4.61. The van der Waals surface area contributed by atoms with E-state index < -0.39 is 0 Å². The Bertz CT molecular complexity index is 608. The number of hydrogen-bond acceptors (Lipinski definition) is 3. The van der Waals surface area contributed by atoms with Crippen LogP contribution < -0.4 is 10.1 Å². The van der Waals surface area contributed by atoms with Crippen molar-refractivity contribution >= 4 is 11.9 Å². The Morgan fingerprint density at radius 2 is 2.08 bits per heavy atom. The molecule has 6 nitrogen and oxygen atoms in total. The van der Waals surface area contributed by atoms with Crippen LogP contribution in [0.1, 0.15) is 25.7 Å². The van der Waals surface area contributed by atoms with Crippen LogP contribution in [0.3, 0.4) is 0 Å². The fourth-order valence-corrected chi connectivity index (χ4v) is 3.37. The van der Waals surface area contributed by atoms with E-state index >= 15 is 0 Å². The molecule has 0 saturated carbocycles. The second-order valence-electron chi connectivity index (χ2n) is 6.47.